The van der Waals surface area contributed by atoms with Gasteiger partial charge in [0.25, 0.3) is 0 Å². The summed E-state index contributed by atoms with van der Waals surface area (Å²) in [6.45, 7) is -0.102. The molecule has 31 heavy (non-hydrogen) atoms. The Kier molecular flexibility index (Phi) is 7.00. The van der Waals surface area contributed by atoms with E-state index in [1.165, 1.54) is 43.4 Å². The number of esters is 2. The van der Waals surface area contributed by atoms with Gasteiger partial charge in [0.2, 0.25) is 10.0 Å². The summed E-state index contributed by atoms with van der Waals surface area (Å²) in [6, 6.07) is 11.0. The molecular weight excluding hydrogens is 426 g/mol. The summed E-state index contributed by atoms with van der Waals surface area (Å²) < 4.78 is 42.6. The Balaban J connectivity index is 1.85. The van der Waals surface area contributed by atoms with E-state index in [0.717, 1.165) is 0 Å². The van der Waals surface area contributed by atoms with Gasteiger partial charge in [0, 0.05) is 11.9 Å². The van der Waals surface area contributed by atoms with Crippen LogP contribution in [0.25, 0.3) is 0 Å². The Morgan fingerprint density at radius 1 is 1.10 bits per heavy atom. The van der Waals surface area contributed by atoms with E-state index >= 15 is 0 Å². The molecule has 1 aliphatic heterocycles. The number of hydrogen-bond donors (Lipinski definition) is 1. The van der Waals surface area contributed by atoms with Gasteiger partial charge >= 0.3 is 11.9 Å². The first-order valence-corrected chi connectivity index (χ1v) is 10.6. The summed E-state index contributed by atoms with van der Waals surface area (Å²) >= 11 is 0. The predicted octanol–water partition coefficient (Wildman–Crippen LogP) is 0.954. The lowest BCUT2D eigenvalue weighted by molar-refractivity contribution is -0.140. The van der Waals surface area contributed by atoms with Crippen LogP contribution < -0.4 is 9.62 Å². The van der Waals surface area contributed by atoms with Crippen molar-refractivity contribution in [3.05, 3.63) is 65.6 Å². The highest BCUT2D eigenvalue weighted by atomic mass is 32.2. The van der Waals surface area contributed by atoms with E-state index in [0.29, 0.717) is 11.4 Å². The molecule has 3 rings (SSSR count). The first-order valence-electron chi connectivity index (χ1n) is 9.12. The standard InChI is InChI=1S/C20H21N3O7S/c1-28-19(24)17-12-30-13-23(18(17)20(25)29-2)15-6-8-16(9-7-15)31(26,27)22-11-14-5-3-4-10-21-14/h3-10,22H,11-13H2,1-2H3. The van der Waals surface area contributed by atoms with Crippen LogP contribution in [0.5, 0.6) is 0 Å². The fourth-order valence-corrected chi connectivity index (χ4v) is 3.91. The third kappa shape index (κ3) is 5.08. The highest BCUT2D eigenvalue weighted by molar-refractivity contribution is 7.89. The SMILES string of the molecule is COC(=O)C1=C(C(=O)OC)N(c2ccc(S(=O)(=O)NCc3ccccn3)cc2)COC1. The van der Waals surface area contributed by atoms with Crippen LogP contribution in [0, 0.1) is 0 Å². The lowest BCUT2D eigenvalue weighted by atomic mass is 10.1. The van der Waals surface area contributed by atoms with Crippen molar-refractivity contribution in [3.63, 3.8) is 0 Å². The number of carbonyl (C=O) groups is 2. The van der Waals surface area contributed by atoms with Crippen LogP contribution >= 0.6 is 0 Å². The highest BCUT2D eigenvalue weighted by Gasteiger charge is 2.32. The molecule has 0 aliphatic carbocycles. The molecule has 0 saturated carbocycles. The van der Waals surface area contributed by atoms with Gasteiger partial charge in [-0.25, -0.2) is 22.7 Å². The molecule has 0 saturated heterocycles. The topological polar surface area (TPSA) is 124 Å². The maximum Gasteiger partial charge on any atom is 0.355 e. The molecule has 164 valence electrons. The van der Waals surface area contributed by atoms with Crippen molar-refractivity contribution in [1.82, 2.24) is 9.71 Å². The summed E-state index contributed by atoms with van der Waals surface area (Å²) in [5.41, 5.74) is 1.00. The van der Waals surface area contributed by atoms with Crippen LogP contribution in [0.3, 0.4) is 0 Å². The van der Waals surface area contributed by atoms with Gasteiger partial charge in [-0.05, 0) is 36.4 Å². The van der Waals surface area contributed by atoms with Crippen molar-refractivity contribution in [3.8, 4) is 0 Å². The number of ether oxygens (including phenoxy) is 3. The van der Waals surface area contributed by atoms with E-state index in [2.05, 4.69) is 9.71 Å². The Morgan fingerprint density at radius 3 is 2.42 bits per heavy atom. The largest absolute Gasteiger partial charge is 0.466 e. The molecule has 10 nitrogen and oxygen atoms in total. The Morgan fingerprint density at radius 2 is 1.81 bits per heavy atom. The predicted molar refractivity (Wildman–Crippen MR) is 109 cm³/mol. The second kappa shape index (κ2) is 9.69. The zero-order valence-electron chi connectivity index (χ0n) is 16.9. The van der Waals surface area contributed by atoms with Gasteiger partial charge in [-0.15, -0.1) is 0 Å². The normalized spacial score (nSPS) is 14.3. The molecule has 2 aromatic rings. The molecular formula is C20H21N3O7S. The second-order valence-corrected chi connectivity index (χ2v) is 8.12. The minimum Gasteiger partial charge on any atom is -0.466 e. The average molecular weight is 447 g/mol. The van der Waals surface area contributed by atoms with Crippen molar-refractivity contribution in [2.24, 2.45) is 0 Å². The molecule has 0 bridgehead atoms. The number of nitrogens with zero attached hydrogens (tertiary/aromatic N) is 2. The lowest BCUT2D eigenvalue weighted by Gasteiger charge is -2.31. The fourth-order valence-electron chi connectivity index (χ4n) is 2.91. The first kappa shape index (κ1) is 22.4. The molecule has 0 radical (unpaired) electrons. The van der Waals surface area contributed by atoms with E-state index in [4.69, 9.17) is 14.2 Å². The smallest absolute Gasteiger partial charge is 0.355 e. The minimum absolute atomic E-state index is 0.00864. The number of nitrogens with one attached hydrogen (secondary N) is 1. The Hall–Kier alpha value is -3.28. The van der Waals surface area contributed by atoms with E-state index in [-0.39, 0.29) is 36.0 Å². The Labute approximate surface area is 179 Å². The number of hydrogen-bond acceptors (Lipinski definition) is 9. The lowest BCUT2D eigenvalue weighted by Crippen LogP contribution is -2.38. The molecule has 0 fully saturated rings. The van der Waals surface area contributed by atoms with Crippen LogP contribution in [-0.4, -0.2) is 52.9 Å². The van der Waals surface area contributed by atoms with Crippen molar-refractivity contribution in [2.75, 3.05) is 32.5 Å². The van der Waals surface area contributed by atoms with Crippen LogP contribution in [0.2, 0.25) is 0 Å². The van der Waals surface area contributed by atoms with Crippen molar-refractivity contribution in [2.45, 2.75) is 11.4 Å². The van der Waals surface area contributed by atoms with Gasteiger partial charge in [-0.2, -0.15) is 0 Å². The third-order valence-electron chi connectivity index (χ3n) is 4.46. The first-order chi connectivity index (χ1) is 14.9. The van der Waals surface area contributed by atoms with Crippen LogP contribution in [-0.2, 0) is 40.4 Å². The number of aromatic nitrogens is 1. The summed E-state index contributed by atoms with van der Waals surface area (Å²) in [6.07, 6.45) is 1.58. The number of anilines is 1. The second-order valence-electron chi connectivity index (χ2n) is 6.36. The molecule has 1 aliphatic rings. The molecule has 0 atom stereocenters. The number of methoxy groups -OCH3 is 2. The number of pyridine rings is 1. The van der Waals surface area contributed by atoms with Crippen LogP contribution in [0.1, 0.15) is 5.69 Å². The number of rotatable bonds is 7. The molecule has 1 N–H and O–H groups in total. The van der Waals surface area contributed by atoms with Crippen LogP contribution in [0.4, 0.5) is 5.69 Å². The zero-order valence-corrected chi connectivity index (χ0v) is 17.7. The van der Waals surface area contributed by atoms with Gasteiger partial charge in [0.15, 0.2) is 0 Å². The molecule has 1 aromatic carbocycles. The summed E-state index contributed by atoms with van der Waals surface area (Å²) in [4.78, 5) is 29.9. The number of sulfonamides is 1. The van der Waals surface area contributed by atoms with E-state index < -0.39 is 22.0 Å². The fraction of sp³-hybridized carbons (Fsp3) is 0.250. The average Bonchev–Trinajstić information content (AvgIpc) is 2.82. The molecule has 11 heteroatoms. The van der Waals surface area contributed by atoms with E-state index in [1.54, 1.807) is 24.4 Å². The quantitative estimate of drug-likeness (QED) is 0.618. The molecule has 1 aromatic heterocycles. The van der Waals surface area contributed by atoms with Gasteiger partial charge in [-0.3, -0.25) is 4.98 Å². The van der Waals surface area contributed by atoms with Crippen molar-refractivity contribution in [1.29, 1.82) is 0 Å². The van der Waals surface area contributed by atoms with E-state index in [9.17, 15) is 18.0 Å². The molecule has 2 heterocycles. The van der Waals surface area contributed by atoms with Gasteiger partial charge in [0.1, 0.15) is 12.4 Å². The maximum absolute atomic E-state index is 12.6. The van der Waals surface area contributed by atoms with Crippen LogP contribution in [0.15, 0.2) is 64.8 Å². The van der Waals surface area contributed by atoms with Crippen molar-refractivity contribution >= 4 is 27.6 Å². The van der Waals surface area contributed by atoms with Gasteiger partial charge in [0.05, 0.1) is 43.5 Å². The molecule has 0 unspecified atom stereocenters. The minimum atomic E-state index is -3.79. The Bertz CT molecular complexity index is 1080. The highest BCUT2D eigenvalue weighted by Crippen LogP contribution is 2.27. The monoisotopic (exact) mass is 447 g/mol. The van der Waals surface area contributed by atoms with Gasteiger partial charge < -0.3 is 19.1 Å². The van der Waals surface area contributed by atoms with E-state index in [1.807, 2.05) is 0 Å². The third-order valence-corrected chi connectivity index (χ3v) is 5.88. The zero-order chi connectivity index (χ0) is 22.4. The maximum atomic E-state index is 12.6. The summed E-state index contributed by atoms with van der Waals surface area (Å²) in [7, 11) is -1.40. The van der Waals surface area contributed by atoms with Gasteiger partial charge in [-0.1, -0.05) is 6.07 Å². The molecule has 0 spiro atoms. The molecule has 0 amide bonds. The number of benzene rings is 1. The number of carbonyl (C=O) groups excluding carboxylic acids is 2. The summed E-state index contributed by atoms with van der Waals surface area (Å²) in [5.74, 6) is -1.46. The van der Waals surface area contributed by atoms with Crippen molar-refractivity contribution < 1.29 is 32.2 Å². The summed E-state index contributed by atoms with van der Waals surface area (Å²) in [5, 5.41) is 0.